The molecular weight excluding hydrogens is 312 g/mol. The maximum absolute atomic E-state index is 5.42. The van der Waals surface area contributed by atoms with E-state index < -0.39 is 0 Å². The summed E-state index contributed by atoms with van der Waals surface area (Å²) in [6, 6.07) is 9.34. The maximum Gasteiger partial charge on any atom is 0.191 e. The molecule has 1 aromatic carbocycles. The van der Waals surface area contributed by atoms with Gasteiger partial charge in [0.25, 0.3) is 0 Å². The van der Waals surface area contributed by atoms with Gasteiger partial charge >= 0.3 is 0 Å². The lowest BCUT2D eigenvalue weighted by molar-refractivity contribution is 0.0220. The van der Waals surface area contributed by atoms with E-state index in [0.29, 0.717) is 6.04 Å². The first kappa shape index (κ1) is 19.7. The van der Waals surface area contributed by atoms with Crippen LogP contribution in [0.1, 0.15) is 31.9 Å². The number of guanidine groups is 1. The minimum absolute atomic E-state index is 0.445. The predicted molar refractivity (Wildman–Crippen MR) is 105 cm³/mol. The Labute approximate surface area is 152 Å². The number of morpholine rings is 1. The largest absolute Gasteiger partial charge is 0.379 e. The molecule has 1 heterocycles. The summed E-state index contributed by atoms with van der Waals surface area (Å²) in [7, 11) is 0. The highest BCUT2D eigenvalue weighted by molar-refractivity contribution is 5.79. The summed E-state index contributed by atoms with van der Waals surface area (Å²) in [5.74, 6) is 0.910. The molecule has 1 saturated heterocycles. The second-order valence-electron chi connectivity index (χ2n) is 6.56. The third-order valence-corrected chi connectivity index (χ3v) is 4.66. The van der Waals surface area contributed by atoms with Crippen LogP contribution in [0.3, 0.4) is 0 Å². The Balaban J connectivity index is 1.77. The SMILES string of the molecule is CCNC(=NCC(C)N1CCOCC1)NCCc1ccc(CC)cc1. The van der Waals surface area contributed by atoms with Crippen molar-refractivity contribution >= 4 is 5.96 Å². The van der Waals surface area contributed by atoms with E-state index in [-0.39, 0.29) is 0 Å². The Kier molecular flexibility index (Phi) is 8.77. The van der Waals surface area contributed by atoms with E-state index in [1.54, 1.807) is 0 Å². The van der Waals surface area contributed by atoms with E-state index in [4.69, 9.17) is 9.73 Å². The van der Waals surface area contributed by atoms with Gasteiger partial charge in [0.2, 0.25) is 0 Å². The Morgan fingerprint density at radius 2 is 1.80 bits per heavy atom. The molecule has 0 bridgehead atoms. The van der Waals surface area contributed by atoms with Gasteiger partial charge in [-0.2, -0.15) is 0 Å². The lowest BCUT2D eigenvalue weighted by Crippen LogP contribution is -2.44. The second kappa shape index (κ2) is 11.1. The summed E-state index contributed by atoms with van der Waals surface area (Å²) in [5.41, 5.74) is 2.76. The fraction of sp³-hybridized carbons (Fsp3) is 0.650. The van der Waals surface area contributed by atoms with Crippen LogP contribution in [0.15, 0.2) is 29.3 Å². The molecule has 0 saturated carbocycles. The molecule has 0 radical (unpaired) electrons. The topological polar surface area (TPSA) is 48.9 Å². The molecule has 0 aliphatic carbocycles. The van der Waals surface area contributed by atoms with Crippen LogP contribution < -0.4 is 10.6 Å². The minimum Gasteiger partial charge on any atom is -0.379 e. The fourth-order valence-electron chi connectivity index (χ4n) is 2.97. The van der Waals surface area contributed by atoms with Gasteiger partial charge in [-0.3, -0.25) is 9.89 Å². The molecule has 1 fully saturated rings. The van der Waals surface area contributed by atoms with E-state index in [0.717, 1.165) is 64.7 Å². The van der Waals surface area contributed by atoms with E-state index >= 15 is 0 Å². The molecule has 140 valence electrons. The molecule has 0 aromatic heterocycles. The number of nitrogens with one attached hydrogen (secondary N) is 2. The monoisotopic (exact) mass is 346 g/mol. The van der Waals surface area contributed by atoms with Gasteiger partial charge in [-0.05, 0) is 37.8 Å². The Bertz CT molecular complexity index is 509. The third-order valence-electron chi connectivity index (χ3n) is 4.66. The highest BCUT2D eigenvalue weighted by Crippen LogP contribution is 2.06. The smallest absolute Gasteiger partial charge is 0.191 e. The summed E-state index contributed by atoms with van der Waals surface area (Å²) in [4.78, 5) is 7.21. The number of hydrogen-bond acceptors (Lipinski definition) is 3. The zero-order valence-electron chi connectivity index (χ0n) is 16.1. The normalized spacial score (nSPS) is 17.3. The Hall–Kier alpha value is -1.59. The summed E-state index contributed by atoms with van der Waals surface area (Å²) >= 11 is 0. The van der Waals surface area contributed by atoms with Gasteiger partial charge in [0.05, 0.1) is 19.8 Å². The summed E-state index contributed by atoms with van der Waals surface area (Å²) in [5, 5.41) is 6.79. The van der Waals surface area contributed by atoms with Crippen LogP contribution in [0.5, 0.6) is 0 Å². The molecule has 1 aliphatic heterocycles. The second-order valence-corrected chi connectivity index (χ2v) is 6.56. The molecular formula is C20H34N4O. The van der Waals surface area contributed by atoms with Crippen molar-refractivity contribution in [1.82, 2.24) is 15.5 Å². The van der Waals surface area contributed by atoms with Crippen molar-refractivity contribution in [3.63, 3.8) is 0 Å². The minimum atomic E-state index is 0.445. The average Bonchev–Trinajstić information content (AvgIpc) is 2.67. The van der Waals surface area contributed by atoms with Crippen molar-refractivity contribution < 1.29 is 4.74 Å². The van der Waals surface area contributed by atoms with Gasteiger partial charge in [0.15, 0.2) is 5.96 Å². The lowest BCUT2D eigenvalue weighted by atomic mass is 10.1. The summed E-state index contributed by atoms with van der Waals surface area (Å²) in [6.45, 7) is 12.8. The lowest BCUT2D eigenvalue weighted by Gasteiger charge is -2.31. The van der Waals surface area contributed by atoms with Gasteiger partial charge in [0, 0.05) is 32.2 Å². The molecule has 0 spiro atoms. The third kappa shape index (κ3) is 7.04. The first-order valence-corrected chi connectivity index (χ1v) is 9.64. The van der Waals surface area contributed by atoms with Crippen LogP contribution >= 0.6 is 0 Å². The fourth-order valence-corrected chi connectivity index (χ4v) is 2.97. The van der Waals surface area contributed by atoms with Crippen molar-refractivity contribution in [2.75, 3.05) is 45.9 Å². The zero-order valence-corrected chi connectivity index (χ0v) is 16.1. The van der Waals surface area contributed by atoms with Gasteiger partial charge in [0.1, 0.15) is 0 Å². The van der Waals surface area contributed by atoms with Crippen LogP contribution in [0.25, 0.3) is 0 Å². The average molecular weight is 347 g/mol. The molecule has 1 aromatic rings. The molecule has 2 N–H and O–H groups in total. The number of ether oxygens (including phenoxy) is 1. The van der Waals surface area contributed by atoms with E-state index in [9.17, 15) is 0 Å². The van der Waals surface area contributed by atoms with Crippen LogP contribution in [0, 0.1) is 0 Å². The Morgan fingerprint density at radius 3 is 2.44 bits per heavy atom. The molecule has 5 heteroatoms. The number of aryl methyl sites for hydroxylation is 1. The number of benzene rings is 1. The van der Waals surface area contributed by atoms with Crippen molar-refractivity contribution in [3.8, 4) is 0 Å². The number of aliphatic imine (C=N–C) groups is 1. The molecule has 0 amide bonds. The number of rotatable bonds is 8. The highest BCUT2D eigenvalue weighted by atomic mass is 16.5. The quantitative estimate of drug-likeness (QED) is 0.559. The number of hydrogen-bond donors (Lipinski definition) is 2. The van der Waals surface area contributed by atoms with Crippen molar-refractivity contribution in [2.24, 2.45) is 4.99 Å². The van der Waals surface area contributed by atoms with Gasteiger partial charge in [-0.15, -0.1) is 0 Å². The summed E-state index contributed by atoms with van der Waals surface area (Å²) < 4.78 is 5.42. The Morgan fingerprint density at radius 1 is 1.12 bits per heavy atom. The van der Waals surface area contributed by atoms with Crippen molar-refractivity contribution in [1.29, 1.82) is 0 Å². The molecule has 5 nitrogen and oxygen atoms in total. The summed E-state index contributed by atoms with van der Waals surface area (Å²) in [6.07, 6.45) is 2.10. The predicted octanol–water partition coefficient (Wildman–Crippen LogP) is 2.07. The maximum atomic E-state index is 5.42. The van der Waals surface area contributed by atoms with Crippen LogP contribution in [-0.2, 0) is 17.6 Å². The van der Waals surface area contributed by atoms with E-state index in [1.165, 1.54) is 11.1 Å². The zero-order chi connectivity index (χ0) is 17.9. The molecule has 2 rings (SSSR count). The molecule has 1 unspecified atom stereocenters. The first-order valence-electron chi connectivity index (χ1n) is 9.64. The number of nitrogens with zero attached hydrogens (tertiary/aromatic N) is 2. The van der Waals surface area contributed by atoms with Crippen molar-refractivity contribution in [2.45, 2.75) is 39.7 Å². The molecule has 1 atom stereocenters. The first-order chi connectivity index (χ1) is 12.2. The van der Waals surface area contributed by atoms with Crippen LogP contribution in [-0.4, -0.2) is 62.8 Å². The van der Waals surface area contributed by atoms with Crippen LogP contribution in [0.2, 0.25) is 0 Å². The highest BCUT2D eigenvalue weighted by Gasteiger charge is 2.16. The molecule has 25 heavy (non-hydrogen) atoms. The van der Waals surface area contributed by atoms with E-state index in [2.05, 4.69) is 60.6 Å². The van der Waals surface area contributed by atoms with Gasteiger partial charge < -0.3 is 15.4 Å². The standard InChI is InChI=1S/C20H34N4O/c1-4-18-6-8-19(9-7-18)10-11-22-20(21-5-2)23-16-17(3)24-12-14-25-15-13-24/h6-9,17H,4-5,10-16H2,1-3H3,(H2,21,22,23). The van der Waals surface area contributed by atoms with E-state index in [1.807, 2.05) is 0 Å². The van der Waals surface area contributed by atoms with Crippen molar-refractivity contribution in [3.05, 3.63) is 35.4 Å². The van der Waals surface area contributed by atoms with Gasteiger partial charge in [-0.1, -0.05) is 31.2 Å². The molecule has 1 aliphatic rings. The van der Waals surface area contributed by atoms with Crippen LogP contribution in [0.4, 0.5) is 0 Å². The van der Waals surface area contributed by atoms with Gasteiger partial charge in [-0.25, -0.2) is 0 Å².